The molecule has 0 aliphatic rings. The molecule has 0 bridgehead atoms. The van der Waals surface area contributed by atoms with Crippen LogP contribution in [0.4, 0.5) is 0 Å². The normalized spacial score (nSPS) is 10.1. The summed E-state index contributed by atoms with van der Waals surface area (Å²) in [6.07, 6.45) is 0.602. The Morgan fingerprint density at radius 3 is 2.38 bits per heavy atom. The van der Waals surface area contributed by atoms with E-state index in [9.17, 15) is 9.59 Å². The lowest BCUT2D eigenvalue weighted by Gasteiger charge is -2.05. The fourth-order valence-corrected chi connectivity index (χ4v) is 1.75. The van der Waals surface area contributed by atoms with E-state index < -0.39 is 11.9 Å². The summed E-state index contributed by atoms with van der Waals surface area (Å²) in [5, 5.41) is 20.7. The summed E-state index contributed by atoms with van der Waals surface area (Å²) in [6.45, 7) is 0.391. The Morgan fingerprint density at radius 2 is 1.71 bits per heavy atom. The highest BCUT2D eigenvalue weighted by Gasteiger charge is 2.10. The first-order valence-corrected chi connectivity index (χ1v) is 6.33. The molecule has 0 aliphatic heterocycles. The highest BCUT2D eigenvalue weighted by atomic mass is 16.4. The number of amides is 1. The van der Waals surface area contributed by atoms with Gasteiger partial charge in [-0.2, -0.15) is 0 Å². The van der Waals surface area contributed by atoms with Gasteiger partial charge < -0.3 is 15.5 Å². The number of carboxylic acids is 1. The van der Waals surface area contributed by atoms with Crippen molar-refractivity contribution in [3.8, 4) is 5.75 Å². The van der Waals surface area contributed by atoms with Crippen molar-refractivity contribution in [2.75, 3.05) is 6.54 Å². The van der Waals surface area contributed by atoms with Crippen LogP contribution in [0.15, 0.2) is 42.5 Å². The summed E-state index contributed by atoms with van der Waals surface area (Å²) in [4.78, 5) is 26.4. The maximum Gasteiger partial charge on any atom is 0.354 e. The summed E-state index contributed by atoms with van der Waals surface area (Å²) in [5.74, 6) is -1.40. The van der Waals surface area contributed by atoms with Gasteiger partial charge in [0.2, 0.25) is 0 Å². The van der Waals surface area contributed by atoms with Gasteiger partial charge in [0.15, 0.2) is 0 Å². The molecule has 0 atom stereocenters. The van der Waals surface area contributed by atoms with Crippen LogP contribution in [0.5, 0.6) is 5.75 Å². The first-order chi connectivity index (χ1) is 10.1. The molecule has 0 fully saturated rings. The van der Waals surface area contributed by atoms with E-state index in [2.05, 4.69) is 10.3 Å². The minimum absolute atomic E-state index is 0.0700. The number of aromatic carboxylic acids is 1. The predicted molar refractivity (Wildman–Crippen MR) is 75.3 cm³/mol. The van der Waals surface area contributed by atoms with Gasteiger partial charge in [-0.05, 0) is 36.2 Å². The number of carboxylic acid groups (broad SMARTS) is 1. The molecule has 1 amide bonds. The van der Waals surface area contributed by atoms with Gasteiger partial charge in [0.25, 0.3) is 5.91 Å². The summed E-state index contributed by atoms with van der Waals surface area (Å²) in [7, 11) is 0. The number of aromatic hydroxyl groups is 1. The zero-order valence-corrected chi connectivity index (χ0v) is 11.1. The van der Waals surface area contributed by atoms with Crippen molar-refractivity contribution in [1.29, 1.82) is 0 Å². The number of pyridine rings is 1. The third-order valence-corrected chi connectivity index (χ3v) is 2.84. The van der Waals surface area contributed by atoms with Gasteiger partial charge in [0, 0.05) is 6.54 Å². The first kappa shape index (κ1) is 14.5. The standard InChI is InChI=1S/C15H14N2O4/c18-11-6-4-10(5-7-11)8-9-16-14(19)12-2-1-3-13(17-12)15(20)21/h1-7,18H,8-9H2,(H,16,19)(H,20,21). The molecule has 0 unspecified atom stereocenters. The van der Waals surface area contributed by atoms with E-state index in [0.717, 1.165) is 5.56 Å². The number of hydrogen-bond acceptors (Lipinski definition) is 4. The Hall–Kier alpha value is -2.89. The van der Waals surface area contributed by atoms with Crippen molar-refractivity contribution >= 4 is 11.9 Å². The van der Waals surface area contributed by atoms with Crippen molar-refractivity contribution in [2.24, 2.45) is 0 Å². The molecule has 1 aromatic carbocycles. The molecule has 6 heteroatoms. The van der Waals surface area contributed by atoms with E-state index >= 15 is 0 Å². The minimum atomic E-state index is -1.17. The van der Waals surface area contributed by atoms with Crippen LogP contribution >= 0.6 is 0 Å². The van der Waals surface area contributed by atoms with E-state index in [1.807, 2.05) is 0 Å². The maximum absolute atomic E-state index is 11.9. The molecule has 0 saturated carbocycles. The highest BCUT2D eigenvalue weighted by Crippen LogP contribution is 2.09. The zero-order valence-electron chi connectivity index (χ0n) is 11.1. The van der Waals surface area contributed by atoms with Crippen LogP contribution < -0.4 is 5.32 Å². The minimum Gasteiger partial charge on any atom is -0.508 e. The van der Waals surface area contributed by atoms with Crippen molar-refractivity contribution in [1.82, 2.24) is 10.3 Å². The number of nitrogens with one attached hydrogen (secondary N) is 1. The molecule has 0 spiro atoms. The van der Waals surface area contributed by atoms with Gasteiger partial charge >= 0.3 is 5.97 Å². The number of aromatic nitrogens is 1. The van der Waals surface area contributed by atoms with E-state index in [1.165, 1.54) is 18.2 Å². The quantitative estimate of drug-likeness (QED) is 0.772. The van der Waals surface area contributed by atoms with Crippen LogP contribution in [-0.4, -0.2) is 33.6 Å². The molecule has 1 heterocycles. The molecule has 0 aliphatic carbocycles. The van der Waals surface area contributed by atoms with E-state index in [1.54, 1.807) is 24.3 Å². The second kappa shape index (κ2) is 6.51. The number of phenols is 1. The number of benzene rings is 1. The third kappa shape index (κ3) is 4.04. The van der Waals surface area contributed by atoms with Crippen molar-refractivity contribution < 1.29 is 19.8 Å². The maximum atomic E-state index is 11.9. The predicted octanol–water partition coefficient (Wildman–Crippen LogP) is 1.46. The molecule has 0 radical (unpaired) electrons. The van der Waals surface area contributed by atoms with Crippen LogP contribution in [-0.2, 0) is 6.42 Å². The van der Waals surface area contributed by atoms with Crippen LogP contribution in [0, 0.1) is 0 Å². The van der Waals surface area contributed by atoms with Crippen molar-refractivity contribution in [2.45, 2.75) is 6.42 Å². The lowest BCUT2D eigenvalue weighted by molar-refractivity contribution is 0.0690. The molecule has 2 rings (SSSR count). The van der Waals surface area contributed by atoms with Crippen LogP contribution in [0.2, 0.25) is 0 Å². The lowest BCUT2D eigenvalue weighted by atomic mass is 10.1. The molecule has 2 aromatic rings. The monoisotopic (exact) mass is 286 g/mol. The number of rotatable bonds is 5. The Labute approximate surface area is 121 Å². The highest BCUT2D eigenvalue weighted by molar-refractivity contribution is 5.94. The molecule has 108 valence electrons. The van der Waals surface area contributed by atoms with Gasteiger partial charge in [-0.1, -0.05) is 18.2 Å². The van der Waals surface area contributed by atoms with E-state index in [0.29, 0.717) is 13.0 Å². The van der Waals surface area contributed by atoms with Crippen molar-refractivity contribution in [3.05, 3.63) is 59.4 Å². The first-order valence-electron chi connectivity index (χ1n) is 6.33. The van der Waals surface area contributed by atoms with E-state index in [4.69, 9.17) is 10.2 Å². The number of phenolic OH excluding ortho intramolecular Hbond substituents is 1. The fraction of sp³-hybridized carbons (Fsp3) is 0.133. The Morgan fingerprint density at radius 1 is 1.05 bits per heavy atom. The summed E-state index contributed by atoms with van der Waals surface area (Å²) >= 11 is 0. The van der Waals surface area contributed by atoms with Gasteiger partial charge in [0.05, 0.1) is 0 Å². The summed E-state index contributed by atoms with van der Waals surface area (Å²) in [5.41, 5.74) is 0.877. The molecule has 1 aromatic heterocycles. The van der Waals surface area contributed by atoms with Crippen LogP contribution in [0.1, 0.15) is 26.5 Å². The smallest absolute Gasteiger partial charge is 0.354 e. The average Bonchev–Trinajstić information content (AvgIpc) is 2.49. The van der Waals surface area contributed by atoms with Crippen LogP contribution in [0.25, 0.3) is 0 Å². The SMILES string of the molecule is O=C(O)c1cccc(C(=O)NCCc2ccc(O)cc2)n1. The van der Waals surface area contributed by atoms with Crippen LogP contribution in [0.3, 0.4) is 0 Å². The number of nitrogens with zero attached hydrogens (tertiary/aromatic N) is 1. The van der Waals surface area contributed by atoms with Gasteiger partial charge in [0.1, 0.15) is 17.1 Å². The Balaban J connectivity index is 1.91. The topological polar surface area (TPSA) is 99.5 Å². The van der Waals surface area contributed by atoms with Gasteiger partial charge in [-0.25, -0.2) is 9.78 Å². The van der Waals surface area contributed by atoms with Gasteiger partial charge in [-0.15, -0.1) is 0 Å². The average molecular weight is 286 g/mol. The lowest BCUT2D eigenvalue weighted by Crippen LogP contribution is -2.27. The van der Waals surface area contributed by atoms with E-state index in [-0.39, 0.29) is 17.1 Å². The number of carbonyl (C=O) groups is 2. The Kier molecular flexibility index (Phi) is 4.50. The molecule has 0 saturated heterocycles. The van der Waals surface area contributed by atoms with Gasteiger partial charge in [-0.3, -0.25) is 4.79 Å². The molecule has 6 nitrogen and oxygen atoms in total. The molecular formula is C15H14N2O4. The number of hydrogen-bond donors (Lipinski definition) is 3. The molecule has 21 heavy (non-hydrogen) atoms. The summed E-state index contributed by atoms with van der Waals surface area (Å²) < 4.78 is 0. The van der Waals surface area contributed by atoms with Crippen molar-refractivity contribution in [3.63, 3.8) is 0 Å². The second-order valence-corrected chi connectivity index (χ2v) is 4.39. The second-order valence-electron chi connectivity index (χ2n) is 4.39. The zero-order chi connectivity index (χ0) is 15.2. The largest absolute Gasteiger partial charge is 0.508 e. The number of carbonyl (C=O) groups excluding carboxylic acids is 1. The third-order valence-electron chi connectivity index (χ3n) is 2.84. The Bertz CT molecular complexity index is 653. The summed E-state index contributed by atoms with van der Waals surface area (Å²) in [6, 6.07) is 11.0. The molecule has 3 N–H and O–H groups in total. The molecular weight excluding hydrogens is 272 g/mol. The fourth-order valence-electron chi connectivity index (χ4n) is 1.75.